The Kier molecular flexibility index (Phi) is 46.0. The third-order valence-electron chi connectivity index (χ3n) is 8.46. The Morgan fingerprint density at radius 3 is 1.12 bits per heavy atom. The summed E-state index contributed by atoms with van der Waals surface area (Å²) in [4.78, 5) is 28.7. The van der Waals surface area contributed by atoms with E-state index in [9.17, 15) is 45.6 Å². The summed E-state index contributed by atoms with van der Waals surface area (Å²) in [7, 11) is 0. The van der Waals surface area contributed by atoms with Crippen LogP contribution in [-0.4, -0.2) is 291 Å². The molecule has 1 amide bonds. The molecule has 4 fully saturated rings. The van der Waals surface area contributed by atoms with Gasteiger partial charge in [0.1, 0.15) is 79.5 Å². The van der Waals surface area contributed by atoms with Crippen molar-refractivity contribution < 1.29 is 181 Å². The summed E-state index contributed by atoms with van der Waals surface area (Å²) < 4.78 is 18.9. The van der Waals surface area contributed by atoms with E-state index in [0.717, 1.165) is 20.8 Å². The number of nitrogens with one attached hydrogen (secondary N) is 3. The predicted octanol–water partition coefficient (Wildman–Crippen LogP) is -15.8. The minimum Gasteiger partial charge on any atom is -0.870 e. The number of aliphatic hydroxyl groups is 18. The maximum Gasteiger partial charge on any atom is 1.00 e. The van der Waals surface area contributed by atoms with Gasteiger partial charge in [0.15, 0.2) is 18.9 Å². The predicted molar refractivity (Wildman–Crippen MR) is 214 cm³/mol. The van der Waals surface area contributed by atoms with Crippen LogP contribution >= 0.6 is 0 Å². The maximum absolute atomic E-state index is 10.7. The van der Waals surface area contributed by atoms with Gasteiger partial charge < -0.3 is 154 Å². The van der Waals surface area contributed by atoms with E-state index in [1.807, 2.05) is 0 Å². The Bertz CT molecular complexity index is 1240. The monoisotopic (exact) mass is 1030 g/mol. The van der Waals surface area contributed by atoms with Crippen molar-refractivity contribution in [2.75, 3.05) is 26.4 Å². The van der Waals surface area contributed by atoms with Crippen molar-refractivity contribution >= 4 is 17.8 Å². The molecule has 4 aliphatic rings. The molecule has 20 atom stereocenters. The molecule has 0 spiro atoms. The van der Waals surface area contributed by atoms with E-state index in [2.05, 4.69) is 15.4 Å². The van der Waals surface area contributed by atoms with Gasteiger partial charge in [-0.15, -0.1) is 0 Å². The molecule has 0 aromatic carbocycles. The van der Waals surface area contributed by atoms with Crippen molar-refractivity contribution in [2.24, 2.45) is 5.73 Å². The Morgan fingerprint density at radius 1 is 0.544 bits per heavy atom. The minimum atomic E-state index is -2.33. The summed E-state index contributed by atoms with van der Waals surface area (Å²) in [5.41, 5.74) is 12.4. The molecule has 0 aromatic rings. The van der Waals surface area contributed by atoms with Crippen molar-refractivity contribution in [1.29, 1.82) is 0 Å². The van der Waals surface area contributed by atoms with Gasteiger partial charge in [-0.25, -0.2) is 0 Å². The molecular weight excluding hydrogens is 955 g/mol. The van der Waals surface area contributed by atoms with E-state index in [1.54, 1.807) is 0 Å². The molecule has 0 saturated carbocycles. The van der Waals surface area contributed by atoms with E-state index < -0.39 is 173 Å². The first-order valence-corrected chi connectivity index (χ1v) is 18.4. The average Bonchev–Trinajstić information content (AvgIpc) is 3.18. The second-order valence-electron chi connectivity index (χ2n) is 14.0. The number of nitrogens with two attached hydrogens (primary N) is 1. The zero-order valence-electron chi connectivity index (χ0n) is 36.6. The Hall–Kier alpha value is -1.71. The summed E-state index contributed by atoms with van der Waals surface area (Å²) >= 11 is 0. The van der Waals surface area contributed by atoms with Crippen LogP contribution in [0.15, 0.2) is 0 Å². The number of rotatable bonds is 7. The third kappa shape index (κ3) is 28.4. The summed E-state index contributed by atoms with van der Waals surface area (Å²) in [5, 5.41) is 184. The normalized spacial score (nSPS) is 36.9. The van der Waals surface area contributed by atoms with Gasteiger partial charge in [0, 0.05) is 27.7 Å². The SMILES string of the molecule is C.CC(=O)NC1C(O)OC(CO)[C@@H](O)[C@H]1O.CC(=O)O.CC(=O)O.CC(O)(O)NC1C(O)OC(CO)[C@@H](O)[C@H]1O.NC1C(O)OC(CO)[C@@H](O)[C@H]1O.O.[NH-]C1C(O)OC(CO)[C@@H](O)[C@H]1O.[Na+].[OH-].[OH-]. The van der Waals surface area contributed by atoms with Crippen LogP contribution in [0.3, 0.4) is 0 Å². The van der Waals surface area contributed by atoms with Crippen molar-refractivity contribution in [3.63, 3.8) is 0 Å². The first-order chi connectivity index (χ1) is 28.8. The molecule has 29 N–H and O–H groups in total. The van der Waals surface area contributed by atoms with Gasteiger partial charge in [0.2, 0.25) is 11.8 Å². The van der Waals surface area contributed by atoms with Gasteiger partial charge >= 0.3 is 29.6 Å². The van der Waals surface area contributed by atoms with E-state index >= 15 is 0 Å². The molecule has 35 heteroatoms. The standard InChI is InChI=1S/C8H17NO7.C8H15NO6.C6H13NO5.C6H12NO5.2C2H4O2.CH4.Na.3H2O/c1-8(14,15)9-4-6(12)5(11)3(2-10)16-7(4)13;1-3(11)9-5-7(13)6(12)4(2-10)15-8(5)14;2*7-3-5(10)4(9)2(1-8)12-6(3)11;2*1-2(3)4;;;;;/h3-7,9-15H,2H2,1H3;4-8,10,12-14H,2H2,1H3,(H,9,11);2-6,8-11H,1,7H2;2-11H,1H2;2*1H3,(H,3,4);1H4;;3*1H2/q;;;-1;;;;+1;;;/p-2/t3?,4?,5-,6+,7?;4?,5?,6-,7+,8?;2*2?,3?,4-,5+,6?;;;;;;;/m1111......./s1. The first-order valence-electron chi connectivity index (χ1n) is 18.4. The van der Waals surface area contributed by atoms with E-state index in [4.69, 9.17) is 96.5 Å². The van der Waals surface area contributed by atoms with Crippen LogP contribution in [-0.2, 0) is 33.3 Å². The fraction of sp³-hybridized carbons (Fsp3) is 0.909. The van der Waals surface area contributed by atoms with Gasteiger partial charge in [-0.2, -0.15) is 0 Å². The number of carboxylic acid groups (broad SMARTS) is 2. The summed E-state index contributed by atoms with van der Waals surface area (Å²) in [5.74, 6) is -4.46. The summed E-state index contributed by atoms with van der Waals surface area (Å²) in [6.07, 6.45) is -20.9. The van der Waals surface area contributed by atoms with Crippen LogP contribution in [0.2, 0.25) is 0 Å². The van der Waals surface area contributed by atoms with Gasteiger partial charge in [-0.3, -0.25) is 19.7 Å². The average molecular weight is 1030 g/mol. The van der Waals surface area contributed by atoms with E-state index in [0.29, 0.717) is 0 Å². The number of amides is 1. The third-order valence-corrected chi connectivity index (χ3v) is 8.46. The topological polar surface area (TPSA) is 658 Å². The molecule has 0 bridgehead atoms. The van der Waals surface area contributed by atoms with Crippen LogP contribution < -0.4 is 45.9 Å². The molecule has 408 valence electrons. The van der Waals surface area contributed by atoms with Gasteiger partial charge in [-0.1, -0.05) is 13.5 Å². The van der Waals surface area contributed by atoms with Gasteiger partial charge in [0.05, 0.1) is 44.6 Å². The zero-order valence-corrected chi connectivity index (χ0v) is 38.6. The van der Waals surface area contributed by atoms with Crippen LogP contribution in [0.1, 0.15) is 35.1 Å². The molecule has 12 unspecified atom stereocenters. The second-order valence-corrected chi connectivity index (χ2v) is 14.0. The Morgan fingerprint density at radius 2 is 0.809 bits per heavy atom. The molecule has 4 aliphatic heterocycles. The number of carbonyl (C=O) groups is 3. The zero-order chi connectivity index (χ0) is 49.9. The second kappa shape index (κ2) is 38.9. The van der Waals surface area contributed by atoms with Crippen molar-refractivity contribution in [3.05, 3.63) is 5.73 Å². The number of carbonyl (C=O) groups excluding carboxylic acids is 1. The molecule has 4 heterocycles. The molecule has 0 aromatic heterocycles. The summed E-state index contributed by atoms with van der Waals surface area (Å²) in [6.45, 7) is 2.30. The number of hydrogen-bond acceptors (Lipinski definition) is 29. The molecule has 68 heavy (non-hydrogen) atoms. The number of hydrogen-bond donors (Lipinski definition) is 23. The van der Waals surface area contributed by atoms with E-state index in [-0.39, 0.29) is 53.4 Å². The fourth-order valence-electron chi connectivity index (χ4n) is 5.27. The number of aliphatic hydroxyl groups excluding tert-OH is 16. The smallest absolute Gasteiger partial charge is 0.870 e. The van der Waals surface area contributed by atoms with Crippen LogP contribution in [0.25, 0.3) is 5.73 Å². The summed E-state index contributed by atoms with van der Waals surface area (Å²) in [6, 6.07) is -4.70. The van der Waals surface area contributed by atoms with Crippen LogP contribution in [0.5, 0.6) is 0 Å². The largest absolute Gasteiger partial charge is 1.00 e. The van der Waals surface area contributed by atoms with Crippen molar-refractivity contribution in [3.8, 4) is 0 Å². The van der Waals surface area contributed by atoms with Crippen LogP contribution in [0.4, 0.5) is 0 Å². The Labute approximate surface area is 410 Å². The van der Waals surface area contributed by atoms with Crippen LogP contribution in [0, 0.1) is 0 Å². The molecule has 0 radical (unpaired) electrons. The molecular formula is C33H73N4NaO30-2. The first kappa shape index (κ1) is 80.4. The van der Waals surface area contributed by atoms with Gasteiger partial charge in [-0.05, 0) is 0 Å². The van der Waals surface area contributed by atoms with Crippen molar-refractivity contribution in [2.45, 2.75) is 164 Å². The molecule has 34 nitrogen and oxygen atoms in total. The maximum atomic E-state index is 10.7. The Balaban J connectivity index is -0.000000136. The number of ether oxygens (including phenoxy) is 4. The minimum absolute atomic E-state index is 0. The quantitative estimate of drug-likeness (QED) is 0.0831. The molecule has 0 aliphatic carbocycles. The van der Waals surface area contributed by atoms with E-state index in [1.165, 1.54) is 6.92 Å². The molecule has 4 rings (SSSR count). The molecule has 4 saturated heterocycles. The number of aliphatic carboxylic acids is 2. The van der Waals surface area contributed by atoms with Gasteiger partial charge in [0.25, 0.3) is 11.9 Å². The number of carboxylic acids is 2. The van der Waals surface area contributed by atoms with Crippen molar-refractivity contribution in [1.82, 2.24) is 10.6 Å². The fourth-order valence-corrected chi connectivity index (χ4v) is 5.27.